The standard InChI is InChI=1S/C13H14ClNO2/c1-3-8-15(2)12-9-11(14)6-4-10(12)5-7-13(16)17/h3-7,9H,1,8H2,2H3,(H,16,17)/b7-5+. The van der Waals surface area contributed by atoms with Gasteiger partial charge >= 0.3 is 5.97 Å². The lowest BCUT2D eigenvalue weighted by molar-refractivity contribution is -0.131. The molecule has 0 amide bonds. The van der Waals surface area contributed by atoms with Crippen molar-refractivity contribution >= 4 is 29.3 Å². The van der Waals surface area contributed by atoms with E-state index in [1.165, 1.54) is 0 Å². The van der Waals surface area contributed by atoms with E-state index < -0.39 is 5.97 Å². The van der Waals surface area contributed by atoms with Crippen LogP contribution in [0, 0.1) is 0 Å². The average Bonchev–Trinajstić information content (AvgIpc) is 2.27. The molecule has 0 aliphatic carbocycles. The zero-order valence-electron chi connectivity index (χ0n) is 9.56. The summed E-state index contributed by atoms with van der Waals surface area (Å²) >= 11 is 5.93. The fraction of sp³-hybridized carbons (Fsp3) is 0.154. The number of rotatable bonds is 5. The lowest BCUT2D eigenvalue weighted by atomic mass is 10.1. The van der Waals surface area contributed by atoms with Gasteiger partial charge in [0.2, 0.25) is 0 Å². The molecule has 0 heterocycles. The van der Waals surface area contributed by atoms with Crippen LogP contribution in [0.15, 0.2) is 36.9 Å². The Labute approximate surface area is 106 Å². The van der Waals surface area contributed by atoms with E-state index in [2.05, 4.69) is 6.58 Å². The monoisotopic (exact) mass is 251 g/mol. The van der Waals surface area contributed by atoms with E-state index in [0.29, 0.717) is 11.6 Å². The van der Waals surface area contributed by atoms with Crippen molar-refractivity contribution < 1.29 is 9.90 Å². The summed E-state index contributed by atoms with van der Waals surface area (Å²) < 4.78 is 0. The molecular weight excluding hydrogens is 238 g/mol. The Bertz CT molecular complexity index is 455. The summed E-state index contributed by atoms with van der Waals surface area (Å²) in [6, 6.07) is 5.32. The molecule has 0 radical (unpaired) electrons. The number of carboxylic acid groups (broad SMARTS) is 1. The summed E-state index contributed by atoms with van der Waals surface area (Å²) in [7, 11) is 1.89. The first-order valence-corrected chi connectivity index (χ1v) is 5.45. The summed E-state index contributed by atoms with van der Waals surface area (Å²) in [6.45, 7) is 4.33. The maximum absolute atomic E-state index is 10.5. The number of anilines is 1. The van der Waals surface area contributed by atoms with Crippen LogP contribution >= 0.6 is 11.6 Å². The predicted octanol–water partition coefficient (Wildman–Crippen LogP) is 3.06. The predicted molar refractivity (Wildman–Crippen MR) is 71.6 cm³/mol. The zero-order chi connectivity index (χ0) is 12.8. The fourth-order valence-electron chi connectivity index (χ4n) is 1.44. The lowest BCUT2D eigenvalue weighted by Gasteiger charge is -2.20. The third-order valence-electron chi connectivity index (χ3n) is 2.21. The molecule has 0 unspecified atom stereocenters. The number of nitrogens with zero attached hydrogens (tertiary/aromatic N) is 1. The van der Waals surface area contributed by atoms with Crippen molar-refractivity contribution in [1.82, 2.24) is 0 Å². The minimum atomic E-state index is -0.975. The van der Waals surface area contributed by atoms with Crippen molar-refractivity contribution in [3.8, 4) is 0 Å². The van der Waals surface area contributed by atoms with Gasteiger partial charge in [-0.25, -0.2) is 4.79 Å². The van der Waals surface area contributed by atoms with Gasteiger partial charge in [-0.15, -0.1) is 6.58 Å². The second kappa shape index (κ2) is 6.11. The Hall–Kier alpha value is -1.74. The summed E-state index contributed by atoms with van der Waals surface area (Å²) in [4.78, 5) is 12.4. The minimum absolute atomic E-state index is 0.614. The van der Waals surface area contributed by atoms with Gasteiger partial charge in [-0.05, 0) is 23.8 Å². The molecule has 1 rings (SSSR count). The van der Waals surface area contributed by atoms with Crippen molar-refractivity contribution in [2.45, 2.75) is 0 Å². The maximum Gasteiger partial charge on any atom is 0.328 e. The van der Waals surface area contributed by atoms with Gasteiger partial charge in [-0.3, -0.25) is 0 Å². The van der Waals surface area contributed by atoms with E-state index in [1.807, 2.05) is 11.9 Å². The van der Waals surface area contributed by atoms with Gasteiger partial charge in [0.1, 0.15) is 0 Å². The second-order valence-corrected chi connectivity index (χ2v) is 3.98. The molecule has 17 heavy (non-hydrogen) atoms. The smallest absolute Gasteiger partial charge is 0.328 e. The van der Waals surface area contributed by atoms with Crippen LogP contribution < -0.4 is 4.90 Å². The highest BCUT2D eigenvalue weighted by Gasteiger charge is 2.05. The highest BCUT2D eigenvalue weighted by Crippen LogP contribution is 2.25. The van der Waals surface area contributed by atoms with Crippen LogP contribution in [0.2, 0.25) is 5.02 Å². The van der Waals surface area contributed by atoms with Crippen molar-refractivity contribution in [1.29, 1.82) is 0 Å². The van der Waals surface area contributed by atoms with Gasteiger partial charge in [0.25, 0.3) is 0 Å². The van der Waals surface area contributed by atoms with Crippen LogP contribution in [0.25, 0.3) is 6.08 Å². The number of aliphatic carboxylic acids is 1. The van der Waals surface area contributed by atoms with Crippen LogP contribution in [-0.4, -0.2) is 24.7 Å². The third-order valence-corrected chi connectivity index (χ3v) is 2.45. The number of benzene rings is 1. The molecular formula is C13H14ClNO2. The molecule has 0 aromatic heterocycles. The van der Waals surface area contributed by atoms with Gasteiger partial charge < -0.3 is 10.0 Å². The quantitative estimate of drug-likeness (QED) is 0.646. The Morgan fingerprint density at radius 2 is 2.29 bits per heavy atom. The van der Waals surface area contributed by atoms with Crippen molar-refractivity contribution in [2.24, 2.45) is 0 Å². The molecule has 90 valence electrons. The van der Waals surface area contributed by atoms with Gasteiger partial charge in [0.15, 0.2) is 0 Å². The largest absolute Gasteiger partial charge is 0.478 e. The summed E-state index contributed by atoms with van der Waals surface area (Å²) in [5.74, 6) is -0.975. The van der Waals surface area contributed by atoms with Crippen LogP contribution in [-0.2, 0) is 4.79 Å². The molecule has 0 saturated carbocycles. The lowest BCUT2D eigenvalue weighted by Crippen LogP contribution is -2.17. The molecule has 1 N–H and O–H groups in total. The minimum Gasteiger partial charge on any atom is -0.478 e. The maximum atomic E-state index is 10.5. The number of likely N-dealkylation sites (N-methyl/N-ethyl adjacent to an activating group) is 1. The van der Waals surface area contributed by atoms with Gasteiger partial charge in [0, 0.05) is 30.4 Å². The van der Waals surface area contributed by atoms with E-state index in [1.54, 1.807) is 30.4 Å². The molecule has 4 heteroatoms. The highest BCUT2D eigenvalue weighted by molar-refractivity contribution is 6.31. The van der Waals surface area contributed by atoms with Crippen LogP contribution in [0.3, 0.4) is 0 Å². The van der Waals surface area contributed by atoms with E-state index in [0.717, 1.165) is 17.3 Å². The van der Waals surface area contributed by atoms with Gasteiger partial charge in [-0.1, -0.05) is 23.7 Å². The number of hydrogen-bond donors (Lipinski definition) is 1. The molecule has 0 aliphatic rings. The van der Waals surface area contributed by atoms with Crippen molar-refractivity contribution in [3.05, 3.63) is 47.5 Å². The van der Waals surface area contributed by atoms with E-state index in [-0.39, 0.29) is 0 Å². The molecule has 0 bridgehead atoms. The summed E-state index contributed by atoms with van der Waals surface area (Å²) in [5.41, 5.74) is 1.68. The van der Waals surface area contributed by atoms with Crippen LogP contribution in [0.5, 0.6) is 0 Å². The summed E-state index contributed by atoms with van der Waals surface area (Å²) in [5, 5.41) is 9.23. The van der Waals surface area contributed by atoms with Crippen molar-refractivity contribution in [3.63, 3.8) is 0 Å². The number of halogens is 1. The van der Waals surface area contributed by atoms with Crippen LogP contribution in [0.1, 0.15) is 5.56 Å². The average molecular weight is 252 g/mol. The Morgan fingerprint density at radius 3 is 2.88 bits per heavy atom. The number of hydrogen-bond acceptors (Lipinski definition) is 2. The van der Waals surface area contributed by atoms with Crippen molar-refractivity contribution in [2.75, 3.05) is 18.5 Å². The molecule has 0 aliphatic heterocycles. The molecule has 1 aromatic rings. The fourth-order valence-corrected chi connectivity index (χ4v) is 1.61. The SMILES string of the molecule is C=CCN(C)c1cc(Cl)ccc1/C=C/C(=O)O. The first-order valence-electron chi connectivity index (χ1n) is 5.07. The normalized spacial score (nSPS) is 10.5. The van der Waals surface area contributed by atoms with Crippen LogP contribution in [0.4, 0.5) is 5.69 Å². The van der Waals surface area contributed by atoms with Gasteiger partial charge in [-0.2, -0.15) is 0 Å². The first kappa shape index (κ1) is 13.3. The topological polar surface area (TPSA) is 40.5 Å². The number of carboxylic acids is 1. The van der Waals surface area contributed by atoms with E-state index >= 15 is 0 Å². The molecule has 0 saturated heterocycles. The van der Waals surface area contributed by atoms with Gasteiger partial charge in [0.05, 0.1) is 0 Å². The van der Waals surface area contributed by atoms with E-state index in [9.17, 15) is 4.79 Å². The summed E-state index contributed by atoms with van der Waals surface area (Å²) in [6.07, 6.45) is 4.42. The molecule has 3 nitrogen and oxygen atoms in total. The molecule has 0 atom stereocenters. The van der Waals surface area contributed by atoms with E-state index in [4.69, 9.17) is 16.7 Å². The molecule has 0 spiro atoms. The highest BCUT2D eigenvalue weighted by atomic mass is 35.5. The Morgan fingerprint density at radius 1 is 1.59 bits per heavy atom. The second-order valence-electron chi connectivity index (χ2n) is 3.54. The third kappa shape index (κ3) is 3.96. The Kier molecular flexibility index (Phi) is 4.79. The number of carbonyl (C=O) groups is 1. The zero-order valence-corrected chi connectivity index (χ0v) is 10.3. The molecule has 1 aromatic carbocycles. The molecule has 0 fully saturated rings. The Balaban J connectivity index is 3.11. The first-order chi connectivity index (χ1) is 8.04.